The van der Waals surface area contributed by atoms with Crippen molar-refractivity contribution in [3.63, 3.8) is 0 Å². The number of aliphatic hydroxyl groups is 1. The van der Waals surface area contributed by atoms with Gasteiger partial charge in [0.2, 0.25) is 0 Å². The molecule has 1 aromatic carbocycles. The van der Waals surface area contributed by atoms with Crippen molar-refractivity contribution in [2.75, 3.05) is 24.9 Å². The molecule has 0 spiro atoms. The summed E-state index contributed by atoms with van der Waals surface area (Å²) in [4.78, 5) is 4.13. The van der Waals surface area contributed by atoms with Gasteiger partial charge >= 0.3 is 41.3 Å². The number of pyridine rings is 1. The summed E-state index contributed by atoms with van der Waals surface area (Å²) in [7, 11) is 2.88. The molecule has 28 heavy (non-hydrogen) atoms. The number of nitrogens with zero attached hydrogens (tertiary/aromatic N) is 1. The number of methoxy groups -OCH3 is 2. The maximum absolute atomic E-state index is 12.8. The molecule has 2 atom stereocenters. The summed E-state index contributed by atoms with van der Waals surface area (Å²) < 4.78 is 52.2. The molecule has 3 rings (SSSR count). The van der Waals surface area contributed by atoms with Gasteiger partial charge in [-0.05, 0) is 12.1 Å². The molecule has 0 radical (unpaired) electrons. The number of halogens is 2. The average Bonchev–Trinajstić information content (AvgIpc) is 2.97. The van der Waals surface area contributed by atoms with Crippen LogP contribution >= 0.6 is 0 Å². The monoisotopic (exact) mass is 425 g/mol. The first-order valence-electron chi connectivity index (χ1n) is 7.68. The first-order valence-corrected chi connectivity index (χ1v) is 9.00. The van der Waals surface area contributed by atoms with Gasteiger partial charge < -0.3 is 23.9 Å². The van der Waals surface area contributed by atoms with Crippen molar-refractivity contribution in [1.29, 1.82) is 0 Å². The van der Waals surface area contributed by atoms with E-state index in [2.05, 4.69) is 20.4 Å². The predicted molar refractivity (Wildman–Crippen MR) is 102 cm³/mol. The van der Waals surface area contributed by atoms with E-state index in [4.69, 9.17) is 9.47 Å². The van der Waals surface area contributed by atoms with Gasteiger partial charge in [-0.15, -0.1) is 0 Å². The molecular formula is C16H18F2N3NaO5S. The Balaban J connectivity index is 0.00000280. The van der Waals surface area contributed by atoms with Crippen molar-refractivity contribution in [2.45, 2.75) is 17.5 Å². The van der Waals surface area contributed by atoms with Crippen molar-refractivity contribution < 1.29 is 32.7 Å². The fourth-order valence-corrected chi connectivity index (χ4v) is 3.71. The Morgan fingerprint density at radius 1 is 1.21 bits per heavy atom. The Labute approximate surface area is 185 Å². The molecule has 2 heterocycles. The molecule has 0 aliphatic carbocycles. The average molecular weight is 425 g/mol. The van der Waals surface area contributed by atoms with Gasteiger partial charge in [0.25, 0.3) is 0 Å². The fraction of sp³-hybridized carbons (Fsp3) is 0.312. The van der Waals surface area contributed by atoms with E-state index in [0.29, 0.717) is 22.9 Å². The molecule has 1 aliphatic rings. The van der Waals surface area contributed by atoms with Crippen LogP contribution in [-0.4, -0.2) is 70.2 Å². The van der Waals surface area contributed by atoms with Gasteiger partial charge in [0, 0.05) is 29.5 Å². The molecular weight excluding hydrogens is 407 g/mol. The summed E-state index contributed by atoms with van der Waals surface area (Å²) in [5.41, 5.74) is 0.984. The van der Waals surface area contributed by atoms with Crippen LogP contribution in [0.2, 0.25) is 0 Å². The standard InChI is InChI=1S/C16H17F2N3O5S.Na.H/c1-24-13-5-6-19-12(14(13)25-2)8-27(23)16(22)20-10-4-3-9(26-15(17)18)7-11(10)21-16;;/h3-7,15,20-22H,8H2,1-2H3;;. The topological polar surface area (TPSA) is 108 Å². The molecule has 0 bridgehead atoms. The summed E-state index contributed by atoms with van der Waals surface area (Å²) in [5.74, 6) is 0.464. The first kappa shape index (κ1) is 22.8. The van der Waals surface area contributed by atoms with E-state index in [9.17, 15) is 18.4 Å². The minimum atomic E-state index is -2.97. The zero-order valence-corrected chi connectivity index (χ0v) is 15.2. The number of hydrogen-bond acceptors (Lipinski definition) is 8. The quantitative estimate of drug-likeness (QED) is 0.452. The van der Waals surface area contributed by atoms with E-state index in [1.54, 1.807) is 6.07 Å². The van der Waals surface area contributed by atoms with Gasteiger partial charge in [-0.25, -0.2) is 0 Å². The van der Waals surface area contributed by atoms with E-state index < -0.39 is 23.0 Å². The zero-order valence-electron chi connectivity index (χ0n) is 14.4. The number of anilines is 2. The van der Waals surface area contributed by atoms with Crippen LogP contribution in [0.4, 0.5) is 20.2 Å². The van der Waals surface area contributed by atoms with Crippen LogP contribution in [0.15, 0.2) is 30.5 Å². The van der Waals surface area contributed by atoms with Crippen LogP contribution in [0, 0.1) is 0 Å². The Morgan fingerprint density at radius 3 is 2.57 bits per heavy atom. The summed E-state index contributed by atoms with van der Waals surface area (Å²) in [6.07, 6.45) is 1.47. The summed E-state index contributed by atoms with van der Waals surface area (Å²) in [5, 5.41) is 14.0. The number of aromatic nitrogens is 1. The Bertz CT molecular complexity index is 835. The van der Waals surface area contributed by atoms with Crippen molar-refractivity contribution in [1.82, 2.24) is 4.98 Å². The molecule has 8 nitrogen and oxygen atoms in total. The number of ether oxygens (including phenoxy) is 3. The number of fused-ring (bicyclic) bond motifs is 1. The van der Waals surface area contributed by atoms with Gasteiger partial charge in [-0.1, -0.05) is 0 Å². The van der Waals surface area contributed by atoms with Gasteiger partial charge in [0.05, 0.1) is 25.6 Å². The third-order valence-corrected chi connectivity index (χ3v) is 5.19. The number of rotatable bonds is 7. The molecule has 1 aliphatic heterocycles. The second-order valence-corrected chi connectivity index (χ2v) is 7.03. The molecule has 2 aromatic rings. The van der Waals surface area contributed by atoms with Crippen LogP contribution < -0.4 is 24.8 Å². The minimum absolute atomic E-state index is 0. The van der Waals surface area contributed by atoms with E-state index >= 15 is 0 Å². The second-order valence-electron chi connectivity index (χ2n) is 5.46. The normalized spacial score (nSPS) is 18.4. The van der Waals surface area contributed by atoms with Crippen molar-refractivity contribution in [2.24, 2.45) is 0 Å². The molecule has 2 unspecified atom stereocenters. The van der Waals surface area contributed by atoms with E-state index in [1.165, 1.54) is 38.6 Å². The van der Waals surface area contributed by atoms with Gasteiger partial charge in [0.15, 0.2) is 17.3 Å². The molecule has 0 saturated carbocycles. The number of alkyl halides is 2. The predicted octanol–water partition coefficient (Wildman–Crippen LogP) is 1.44. The molecule has 1 aromatic heterocycles. The van der Waals surface area contributed by atoms with Crippen molar-refractivity contribution in [3.8, 4) is 17.2 Å². The Hall–Kier alpha value is -1.50. The molecule has 3 N–H and O–H groups in total. The van der Waals surface area contributed by atoms with Gasteiger partial charge in [-0.3, -0.25) is 15.6 Å². The maximum atomic E-state index is 12.8. The van der Waals surface area contributed by atoms with Crippen LogP contribution in [0.3, 0.4) is 0 Å². The summed E-state index contributed by atoms with van der Waals surface area (Å²) in [6, 6.07) is 5.60. The SMILES string of the molecule is COc1ccnc(C[S+]([O-])C2(O)Nc3ccc(OC(F)F)cc3N2)c1OC.[NaH]. The van der Waals surface area contributed by atoms with Crippen molar-refractivity contribution in [3.05, 3.63) is 36.2 Å². The molecule has 12 heteroatoms. The fourth-order valence-electron chi connectivity index (χ4n) is 2.60. The third-order valence-electron chi connectivity index (χ3n) is 3.79. The Morgan fingerprint density at radius 2 is 1.93 bits per heavy atom. The summed E-state index contributed by atoms with van der Waals surface area (Å²) in [6.45, 7) is -2.97. The molecule has 0 saturated heterocycles. The number of nitrogens with one attached hydrogen (secondary N) is 2. The number of hydrogen-bond donors (Lipinski definition) is 3. The zero-order chi connectivity index (χ0) is 19.6. The first-order chi connectivity index (χ1) is 12.9. The van der Waals surface area contributed by atoms with Crippen LogP contribution in [0.1, 0.15) is 5.69 Å². The van der Waals surface area contributed by atoms with Crippen LogP contribution in [-0.2, 0) is 16.9 Å². The second kappa shape index (κ2) is 9.33. The van der Waals surface area contributed by atoms with Crippen LogP contribution in [0.5, 0.6) is 17.2 Å². The Kier molecular flexibility index (Phi) is 7.59. The van der Waals surface area contributed by atoms with E-state index in [-0.39, 0.29) is 46.7 Å². The molecule has 148 valence electrons. The van der Waals surface area contributed by atoms with Gasteiger partial charge in [0.1, 0.15) is 11.4 Å². The van der Waals surface area contributed by atoms with Crippen molar-refractivity contribution >= 4 is 52.1 Å². The van der Waals surface area contributed by atoms with Gasteiger partial charge in [-0.2, -0.15) is 8.78 Å². The molecule has 0 fully saturated rings. The molecule has 0 amide bonds. The summed E-state index contributed by atoms with van der Waals surface area (Å²) >= 11 is -1.93. The third kappa shape index (κ3) is 4.73. The van der Waals surface area contributed by atoms with E-state index in [0.717, 1.165) is 0 Å². The number of benzene rings is 1. The van der Waals surface area contributed by atoms with E-state index in [1.807, 2.05) is 0 Å². The van der Waals surface area contributed by atoms with Crippen LogP contribution in [0.25, 0.3) is 0 Å².